The predicted octanol–water partition coefficient (Wildman–Crippen LogP) is 3.89. The van der Waals surface area contributed by atoms with Crippen LogP contribution in [-0.4, -0.2) is 4.98 Å². The highest BCUT2D eigenvalue weighted by Gasteiger charge is 2.16. The molecular formula is C11H13BrN2S2. The lowest BCUT2D eigenvalue weighted by Crippen LogP contribution is -2.09. The second-order valence-electron chi connectivity index (χ2n) is 3.55. The van der Waals surface area contributed by atoms with Gasteiger partial charge in [0.2, 0.25) is 0 Å². The van der Waals surface area contributed by atoms with E-state index in [0.29, 0.717) is 0 Å². The Labute approximate surface area is 112 Å². The number of halogens is 1. The third-order valence-corrected chi connectivity index (χ3v) is 5.28. The number of nitrogens with zero attached hydrogens (tertiary/aromatic N) is 1. The molecule has 2 aromatic rings. The molecule has 0 aliphatic heterocycles. The normalized spacial score (nSPS) is 13.0. The third-order valence-electron chi connectivity index (χ3n) is 2.40. The van der Waals surface area contributed by atoms with Gasteiger partial charge in [0.15, 0.2) is 0 Å². The Hall–Kier alpha value is -0.230. The summed E-state index contributed by atoms with van der Waals surface area (Å²) < 4.78 is 1.09. The fourth-order valence-corrected chi connectivity index (χ4v) is 4.08. The number of aromatic nitrogens is 1. The SMILES string of the molecule is CCc1nc(C(N)c2cc(Br)cs2)sc1C. The molecule has 0 saturated heterocycles. The van der Waals surface area contributed by atoms with Gasteiger partial charge >= 0.3 is 0 Å². The van der Waals surface area contributed by atoms with Crippen LogP contribution in [0.25, 0.3) is 0 Å². The Morgan fingerprint density at radius 1 is 1.56 bits per heavy atom. The van der Waals surface area contributed by atoms with Crippen molar-refractivity contribution in [3.05, 3.63) is 36.4 Å². The fourth-order valence-electron chi connectivity index (χ4n) is 1.52. The number of rotatable bonds is 3. The van der Waals surface area contributed by atoms with E-state index in [-0.39, 0.29) is 6.04 Å². The molecule has 2 nitrogen and oxygen atoms in total. The summed E-state index contributed by atoms with van der Waals surface area (Å²) in [5.41, 5.74) is 7.38. The molecule has 86 valence electrons. The van der Waals surface area contributed by atoms with Crippen molar-refractivity contribution in [2.75, 3.05) is 0 Å². The second kappa shape index (κ2) is 4.96. The van der Waals surface area contributed by atoms with E-state index in [0.717, 1.165) is 20.8 Å². The molecule has 0 aliphatic rings. The van der Waals surface area contributed by atoms with Crippen molar-refractivity contribution in [2.24, 2.45) is 5.73 Å². The number of hydrogen-bond acceptors (Lipinski definition) is 4. The van der Waals surface area contributed by atoms with Gasteiger partial charge in [0.1, 0.15) is 5.01 Å². The fraction of sp³-hybridized carbons (Fsp3) is 0.364. The topological polar surface area (TPSA) is 38.9 Å². The van der Waals surface area contributed by atoms with Gasteiger partial charge in [-0.15, -0.1) is 22.7 Å². The number of aryl methyl sites for hydroxylation is 2. The van der Waals surface area contributed by atoms with Crippen molar-refractivity contribution in [3.8, 4) is 0 Å². The van der Waals surface area contributed by atoms with Crippen molar-refractivity contribution in [1.82, 2.24) is 4.98 Å². The Kier molecular flexibility index (Phi) is 3.79. The smallest absolute Gasteiger partial charge is 0.115 e. The summed E-state index contributed by atoms with van der Waals surface area (Å²) in [4.78, 5) is 7.04. The molecule has 1 atom stereocenters. The average Bonchev–Trinajstić information content (AvgIpc) is 2.83. The summed E-state index contributed by atoms with van der Waals surface area (Å²) >= 11 is 6.82. The van der Waals surface area contributed by atoms with Crippen molar-refractivity contribution in [1.29, 1.82) is 0 Å². The standard InChI is InChI=1S/C11H13BrN2S2/c1-3-8-6(2)16-11(14-8)10(13)9-4-7(12)5-15-9/h4-5,10H,3,13H2,1-2H3. The van der Waals surface area contributed by atoms with Gasteiger partial charge in [0.25, 0.3) is 0 Å². The Balaban J connectivity index is 2.30. The maximum absolute atomic E-state index is 6.20. The molecule has 0 aromatic carbocycles. The molecule has 0 spiro atoms. The molecule has 0 saturated carbocycles. The lowest BCUT2D eigenvalue weighted by molar-refractivity contribution is 0.861. The largest absolute Gasteiger partial charge is 0.318 e. The first kappa shape index (κ1) is 12.2. The van der Waals surface area contributed by atoms with Crippen LogP contribution in [0.15, 0.2) is 15.9 Å². The molecule has 2 aromatic heterocycles. The Morgan fingerprint density at radius 2 is 2.31 bits per heavy atom. The molecule has 1 unspecified atom stereocenters. The zero-order valence-electron chi connectivity index (χ0n) is 9.16. The summed E-state index contributed by atoms with van der Waals surface area (Å²) in [5.74, 6) is 0. The summed E-state index contributed by atoms with van der Waals surface area (Å²) in [7, 11) is 0. The monoisotopic (exact) mass is 316 g/mol. The highest BCUT2D eigenvalue weighted by Crippen LogP contribution is 2.31. The van der Waals surface area contributed by atoms with E-state index in [9.17, 15) is 0 Å². The van der Waals surface area contributed by atoms with Crippen LogP contribution in [0, 0.1) is 6.92 Å². The predicted molar refractivity (Wildman–Crippen MR) is 74.3 cm³/mol. The lowest BCUT2D eigenvalue weighted by Gasteiger charge is -2.04. The molecule has 0 aliphatic carbocycles. The van der Waals surface area contributed by atoms with Crippen LogP contribution in [0.3, 0.4) is 0 Å². The maximum atomic E-state index is 6.20. The van der Waals surface area contributed by atoms with Crippen LogP contribution in [0.5, 0.6) is 0 Å². The molecule has 2 N–H and O–H groups in total. The van der Waals surface area contributed by atoms with E-state index in [1.165, 1.54) is 10.6 Å². The van der Waals surface area contributed by atoms with E-state index in [4.69, 9.17) is 5.73 Å². The van der Waals surface area contributed by atoms with E-state index < -0.39 is 0 Å². The minimum Gasteiger partial charge on any atom is -0.318 e. The van der Waals surface area contributed by atoms with Gasteiger partial charge in [-0.2, -0.15) is 0 Å². The van der Waals surface area contributed by atoms with E-state index in [1.807, 2.05) is 0 Å². The van der Waals surface area contributed by atoms with Crippen LogP contribution in [-0.2, 0) is 6.42 Å². The van der Waals surface area contributed by atoms with Crippen molar-refractivity contribution in [2.45, 2.75) is 26.3 Å². The molecule has 0 radical (unpaired) electrons. The first-order chi connectivity index (χ1) is 7.61. The molecule has 0 amide bonds. The summed E-state index contributed by atoms with van der Waals surface area (Å²) in [6.07, 6.45) is 0.975. The minimum atomic E-state index is -0.0831. The highest BCUT2D eigenvalue weighted by atomic mass is 79.9. The zero-order valence-corrected chi connectivity index (χ0v) is 12.4. The Bertz CT molecular complexity index is 490. The molecule has 0 fully saturated rings. The van der Waals surface area contributed by atoms with Crippen molar-refractivity contribution in [3.63, 3.8) is 0 Å². The molecule has 16 heavy (non-hydrogen) atoms. The highest BCUT2D eigenvalue weighted by molar-refractivity contribution is 9.10. The van der Waals surface area contributed by atoms with Crippen LogP contribution in [0.1, 0.15) is 33.4 Å². The summed E-state index contributed by atoms with van der Waals surface area (Å²) in [6, 6.07) is 1.98. The first-order valence-corrected chi connectivity index (χ1v) is 7.56. The van der Waals surface area contributed by atoms with Crippen LogP contribution >= 0.6 is 38.6 Å². The van der Waals surface area contributed by atoms with Gasteiger partial charge in [0, 0.05) is 19.6 Å². The number of hydrogen-bond donors (Lipinski definition) is 1. The van der Waals surface area contributed by atoms with Gasteiger partial charge in [0.05, 0.1) is 11.7 Å². The van der Waals surface area contributed by atoms with Gasteiger partial charge < -0.3 is 5.73 Å². The number of thiophene rings is 1. The van der Waals surface area contributed by atoms with Crippen LogP contribution < -0.4 is 5.73 Å². The quantitative estimate of drug-likeness (QED) is 0.933. The van der Waals surface area contributed by atoms with E-state index in [1.54, 1.807) is 22.7 Å². The molecular weight excluding hydrogens is 304 g/mol. The molecule has 5 heteroatoms. The third kappa shape index (κ3) is 2.37. The number of thiazole rings is 1. The second-order valence-corrected chi connectivity index (χ2v) is 6.65. The average molecular weight is 317 g/mol. The Morgan fingerprint density at radius 3 is 2.81 bits per heavy atom. The van der Waals surface area contributed by atoms with Gasteiger partial charge in [-0.3, -0.25) is 0 Å². The molecule has 0 bridgehead atoms. The summed E-state index contributed by atoms with van der Waals surface area (Å²) in [5, 5.41) is 3.07. The van der Waals surface area contributed by atoms with Gasteiger partial charge in [-0.05, 0) is 35.3 Å². The van der Waals surface area contributed by atoms with E-state index >= 15 is 0 Å². The molecule has 2 heterocycles. The van der Waals surface area contributed by atoms with Gasteiger partial charge in [-0.25, -0.2) is 4.98 Å². The van der Waals surface area contributed by atoms with Crippen molar-refractivity contribution < 1.29 is 0 Å². The van der Waals surface area contributed by atoms with Crippen molar-refractivity contribution >= 4 is 38.6 Å². The first-order valence-electron chi connectivity index (χ1n) is 5.07. The van der Waals surface area contributed by atoms with E-state index in [2.05, 4.69) is 46.2 Å². The molecule has 2 rings (SSSR count). The number of nitrogens with two attached hydrogens (primary N) is 1. The lowest BCUT2D eigenvalue weighted by atomic mass is 10.2. The zero-order chi connectivity index (χ0) is 11.7. The van der Waals surface area contributed by atoms with Crippen LogP contribution in [0.4, 0.5) is 0 Å². The maximum Gasteiger partial charge on any atom is 0.115 e. The van der Waals surface area contributed by atoms with Crippen LogP contribution in [0.2, 0.25) is 0 Å². The minimum absolute atomic E-state index is 0.0831. The van der Waals surface area contributed by atoms with Gasteiger partial charge in [-0.1, -0.05) is 6.92 Å². The summed E-state index contributed by atoms with van der Waals surface area (Å²) in [6.45, 7) is 4.23.